The van der Waals surface area contributed by atoms with E-state index in [-0.39, 0.29) is 19.1 Å². The van der Waals surface area contributed by atoms with Crippen LogP contribution in [-0.4, -0.2) is 72.4 Å². The van der Waals surface area contributed by atoms with Crippen molar-refractivity contribution in [2.45, 2.75) is 6.54 Å². The number of hydrogen-bond acceptors (Lipinski definition) is 6. The number of aliphatic imine (C=N–C) groups is 2. The average molecular weight is 437 g/mol. The van der Waals surface area contributed by atoms with E-state index in [0.717, 1.165) is 18.8 Å². The van der Waals surface area contributed by atoms with Crippen molar-refractivity contribution in [1.82, 2.24) is 14.7 Å². The summed E-state index contributed by atoms with van der Waals surface area (Å²) in [5.41, 5.74) is 1.67. The molecular weight excluding hydrogens is 415 g/mol. The number of rotatable bonds is 7. The Balaban J connectivity index is 1.55. The predicted octanol–water partition coefficient (Wildman–Crippen LogP) is 2.54. The van der Waals surface area contributed by atoms with E-state index in [0.29, 0.717) is 34.6 Å². The zero-order valence-electron chi connectivity index (χ0n) is 16.1. The van der Waals surface area contributed by atoms with E-state index in [1.165, 1.54) is 0 Å². The Bertz CT molecular complexity index is 906. The molecule has 1 aromatic carbocycles. The van der Waals surface area contributed by atoms with Gasteiger partial charge in [-0.2, -0.15) is 5.10 Å². The maximum Gasteiger partial charge on any atom is 0.244 e. The highest BCUT2D eigenvalue weighted by molar-refractivity contribution is 6.69. The number of benzene rings is 1. The van der Waals surface area contributed by atoms with Crippen LogP contribution in [0.5, 0.6) is 5.75 Å². The first-order valence-electron chi connectivity index (χ1n) is 9.03. The van der Waals surface area contributed by atoms with Gasteiger partial charge in [-0.05, 0) is 18.9 Å². The number of nitrogens with zero attached hydrogens (tertiary/aromatic N) is 6. The standard InChI is InChI=1S/C19H22Cl2N6O2/c1-22-13-23-19(21)14-10-24-27(11-14)12-18(28)26-7-5-25(6-8-26)15-3-4-16(20)17(9-15)29-2/h3-4,9-11H,1,5-8,12-13H2,2H3. The number of amides is 1. The second-order valence-corrected chi connectivity index (χ2v) is 7.19. The molecule has 1 aromatic heterocycles. The molecule has 29 heavy (non-hydrogen) atoms. The molecule has 154 valence electrons. The normalized spacial score (nSPS) is 14.8. The van der Waals surface area contributed by atoms with Gasteiger partial charge in [0.25, 0.3) is 0 Å². The van der Waals surface area contributed by atoms with Gasteiger partial charge in [0, 0.05) is 49.7 Å². The van der Waals surface area contributed by atoms with E-state index in [1.807, 2.05) is 23.1 Å². The van der Waals surface area contributed by atoms with E-state index < -0.39 is 0 Å². The lowest BCUT2D eigenvalue weighted by Crippen LogP contribution is -2.49. The summed E-state index contributed by atoms with van der Waals surface area (Å²) in [5, 5.41) is 5.06. The zero-order valence-corrected chi connectivity index (χ0v) is 17.6. The fourth-order valence-electron chi connectivity index (χ4n) is 3.06. The van der Waals surface area contributed by atoms with Crippen molar-refractivity contribution in [2.75, 3.05) is 44.9 Å². The third kappa shape index (κ3) is 5.27. The van der Waals surface area contributed by atoms with Crippen LogP contribution < -0.4 is 9.64 Å². The summed E-state index contributed by atoms with van der Waals surface area (Å²) in [5.74, 6) is 0.650. The van der Waals surface area contributed by atoms with Gasteiger partial charge in [-0.3, -0.25) is 14.5 Å². The molecule has 1 amide bonds. The van der Waals surface area contributed by atoms with Gasteiger partial charge < -0.3 is 14.5 Å². The number of anilines is 1. The van der Waals surface area contributed by atoms with E-state index in [4.69, 9.17) is 27.9 Å². The van der Waals surface area contributed by atoms with Gasteiger partial charge in [0.1, 0.15) is 24.1 Å². The number of aromatic nitrogens is 2. The number of halogens is 2. The molecule has 1 saturated heterocycles. The summed E-state index contributed by atoms with van der Waals surface area (Å²) < 4.78 is 6.85. The number of piperazine rings is 1. The molecule has 2 aromatic rings. The second kappa shape index (κ2) is 9.76. The van der Waals surface area contributed by atoms with Crippen LogP contribution in [0.3, 0.4) is 0 Å². The minimum atomic E-state index is 0.00815. The number of hydrogen-bond donors (Lipinski definition) is 0. The van der Waals surface area contributed by atoms with Gasteiger partial charge in [0.05, 0.1) is 18.3 Å². The first-order chi connectivity index (χ1) is 14.0. The minimum absolute atomic E-state index is 0.00815. The third-order valence-electron chi connectivity index (χ3n) is 4.61. The van der Waals surface area contributed by atoms with Crippen molar-refractivity contribution in [2.24, 2.45) is 9.98 Å². The molecule has 1 aliphatic rings. The van der Waals surface area contributed by atoms with Gasteiger partial charge in [0.2, 0.25) is 5.91 Å². The lowest BCUT2D eigenvalue weighted by Gasteiger charge is -2.36. The third-order valence-corrected chi connectivity index (χ3v) is 5.26. The second-order valence-electron chi connectivity index (χ2n) is 6.43. The molecule has 0 radical (unpaired) electrons. The Morgan fingerprint density at radius 3 is 2.76 bits per heavy atom. The van der Waals surface area contributed by atoms with Gasteiger partial charge in [-0.15, -0.1) is 0 Å². The molecule has 0 spiro atoms. The summed E-state index contributed by atoms with van der Waals surface area (Å²) in [4.78, 5) is 24.3. The van der Waals surface area contributed by atoms with Gasteiger partial charge in [-0.25, -0.2) is 4.99 Å². The first-order valence-corrected chi connectivity index (χ1v) is 9.79. The highest BCUT2D eigenvalue weighted by Gasteiger charge is 2.22. The van der Waals surface area contributed by atoms with E-state index in [9.17, 15) is 4.79 Å². The van der Waals surface area contributed by atoms with Crippen LogP contribution in [0.25, 0.3) is 0 Å². The molecule has 0 N–H and O–H groups in total. The number of carbonyl (C=O) groups is 1. The molecule has 0 saturated carbocycles. The summed E-state index contributed by atoms with van der Waals surface area (Å²) in [6.45, 7) is 6.42. The highest BCUT2D eigenvalue weighted by atomic mass is 35.5. The van der Waals surface area contributed by atoms with Crippen molar-refractivity contribution in [3.05, 3.63) is 41.2 Å². The van der Waals surface area contributed by atoms with Crippen molar-refractivity contribution in [3.8, 4) is 5.75 Å². The number of carbonyl (C=O) groups excluding carboxylic acids is 1. The van der Waals surface area contributed by atoms with E-state index in [1.54, 1.807) is 24.2 Å². The number of ether oxygens (including phenoxy) is 1. The minimum Gasteiger partial charge on any atom is -0.495 e. The zero-order chi connectivity index (χ0) is 20.8. The SMILES string of the molecule is C=NCN=C(Cl)c1cnn(CC(=O)N2CCN(c3ccc(Cl)c(OC)c3)CC2)c1. The molecule has 0 atom stereocenters. The Morgan fingerprint density at radius 1 is 1.31 bits per heavy atom. The number of methoxy groups -OCH3 is 1. The largest absolute Gasteiger partial charge is 0.495 e. The molecule has 10 heteroatoms. The maximum absolute atomic E-state index is 12.6. The van der Waals surface area contributed by atoms with E-state index >= 15 is 0 Å². The Hall–Kier alpha value is -2.58. The quantitative estimate of drug-likeness (QED) is 0.624. The Labute approximate surface area is 179 Å². The topological polar surface area (TPSA) is 75.3 Å². The maximum atomic E-state index is 12.6. The summed E-state index contributed by atoms with van der Waals surface area (Å²) in [7, 11) is 1.59. The van der Waals surface area contributed by atoms with Gasteiger partial charge in [0.15, 0.2) is 0 Å². The van der Waals surface area contributed by atoms with Crippen molar-refractivity contribution < 1.29 is 9.53 Å². The van der Waals surface area contributed by atoms with Crippen LogP contribution >= 0.6 is 23.2 Å². The Morgan fingerprint density at radius 2 is 2.07 bits per heavy atom. The van der Waals surface area contributed by atoms with Crippen molar-refractivity contribution in [1.29, 1.82) is 0 Å². The molecule has 8 nitrogen and oxygen atoms in total. The molecule has 0 bridgehead atoms. The summed E-state index contributed by atoms with van der Waals surface area (Å²) >= 11 is 12.2. The fourth-order valence-corrected chi connectivity index (χ4v) is 3.40. The van der Waals surface area contributed by atoms with Crippen molar-refractivity contribution in [3.63, 3.8) is 0 Å². The first kappa shape index (κ1) is 21.1. The van der Waals surface area contributed by atoms with Crippen LogP contribution in [0.15, 0.2) is 40.6 Å². The Kier molecular flexibility index (Phi) is 7.11. The summed E-state index contributed by atoms with van der Waals surface area (Å²) in [6, 6.07) is 5.70. The summed E-state index contributed by atoms with van der Waals surface area (Å²) in [6.07, 6.45) is 3.27. The predicted molar refractivity (Wildman–Crippen MR) is 116 cm³/mol. The fraction of sp³-hybridized carbons (Fsp3) is 0.368. The smallest absolute Gasteiger partial charge is 0.244 e. The molecule has 0 aliphatic carbocycles. The lowest BCUT2D eigenvalue weighted by molar-refractivity contribution is -0.132. The molecule has 1 fully saturated rings. The molecule has 3 rings (SSSR count). The average Bonchev–Trinajstić information content (AvgIpc) is 3.21. The molecule has 2 heterocycles. The van der Waals surface area contributed by atoms with Crippen LogP contribution in [0.1, 0.15) is 5.56 Å². The van der Waals surface area contributed by atoms with Crippen LogP contribution in [-0.2, 0) is 11.3 Å². The van der Waals surface area contributed by atoms with Crippen LogP contribution in [0.2, 0.25) is 5.02 Å². The van der Waals surface area contributed by atoms with Gasteiger partial charge >= 0.3 is 0 Å². The lowest BCUT2D eigenvalue weighted by atomic mass is 10.2. The van der Waals surface area contributed by atoms with Gasteiger partial charge in [-0.1, -0.05) is 23.2 Å². The van der Waals surface area contributed by atoms with E-state index in [2.05, 4.69) is 26.7 Å². The molecule has 1 aliphatic heterocycles. The van der Waals surface area contributed by atoms with Crippen molar-refractivity contribution >= 4 is 46.7 Å². The van der Waals surface area contributed by atoms with Crippen LogP contribution in [0, 0.1) is 0 Å². The van der Waals surface area contributed by atoms with Crippen LogP contribution in [0.4, 0.5) is 5.69 Å². The highest BCUT2D eigenvalue weighted by Crippen LogP contribution is 2.29. The molecule has 0 unspecified atom stereocenters. The molecular formula is C19H22Cl2N6O2. The monoisotopic (exact) mass is 436 g/mol.